The fourth-order valence-electron chi connectivity index (χ4n) is 3.98. The van der Waals surface area contributed by atoms with Crippen molar-refractivity contribution in [3.05, 3.63) is 72.4 Å². The van der Waals surface area contributed by atoms with Gasteiger partial charge < -0.3 is 9.73 Å². The maximum absolute atomic E-state index is 13.3. The van der Waals surface area contributed by atoms with Crippen molar-refractivity contribution in [1.82, 2.24) is 15.0 Å². The van der Waals surface area contributed by atoms with Gasteiger partial charge in [-0.2, -0.15) is 4.72 Å². The molecule has 8 heteroatoms. The molecular formula is C25H25N3O4S. The first-order valence-electron chi connectivity index (χ1n) is 11.1. The van der Waals surface area contributed by atoms with E-state index in [1.807, 2.05) is 36.4 Å². The van der Waals surface area contributed by atoms with Gasteiger partial charge in [0.1, 0.15) is 11.6 Å². The van der Waals surface area contributed by atoms with Gasteiger partial charge in [0.05, 0.1) is 4.90 Å². The normalized spacial score (nSPS) is 15.0. The van der Waals surface area contributed by atoms with E-state index in [2.05, 4.69) is 15.0 Å². The number of carbonyl (C=O) groups is 1. The molecule has 1 saturated carbocycles. The second-order valence-corrected chi connectivity index (χ2v) is 10.2. The van der Waals surface area contributed by atoms with E-state index in [1.54, 1.807) is 24.4 Å². The molecule has 0 spiro atoms. The number of hydrogen-bond donors (Lipinski definition) is 2. The van der Waals surface area contributed by atoms with Crippen molar-refractivity contribution >= 4 is 38.0 Å². The van der Waals surface area contributed by atoms with Crippen LogP contribution in [0.5, 0.6) is 0 Å². The molecule has 1 fully saturated rings. The maximum atomic E-state index is 13.3. The van der Waals surface area contributed by atoms with Crippen LogP contribution in [0.25, 0.3) is 22.1 Å². The third-order valence-electron chi connectivity index (χ3n) is 5.97. The molecule has 170 valence electrons. The molecule has 0 unspecified atom stereocenters. The Morgan fingerprint density at radius 3 is 2.67 bits per heavy atom. The Morgan fingerprint density at radius 1 is 1.06 bits per heavy atom. The zero-order valence-electron chi connectivity index (χ0n) is 18.0. The van der Waals surface area contributed by atoms with E-state index in [0.717, 1.165) is 17.4 Å². The molecule has 2 N–H and O–H groups in total. The maximum Gasteiger partial charge on any atom is 0.241 e. The van der Waals surface area contributed by atoms with Crippen LogP contribution in [-0.2, 0) is 21.2 Å². The summed E-state index contributed by atoms with van der Waals surface area (Å²) in [5.74, 6) is 0.364. The van der Waals surface area contributed by atoms with Gasteiger partial charge in [-0.1, -0.05) is 43.2 Å². The van der Waals surface area contributed by atoms with Gasteiger partial charge in [-0.25, -0.2) is 13.4 Å². The number of nitrogens with one attached hydrogen (secondary N) is 2. The van der Waals surface area contributed by atoms with Gasteiger partial charge >= 0.3 is 0 Å². The molecule has 2 aromatic heterocycles. The minimum atomic E-state index is -3.96. The van der Waals surface area contributed by atoms with Gasteiger partial charge in [0.25, 0.3) is 0 Å². The number of rotatable bonds is 9. The summed E-state index contributed by atoms with van der Waals surface area (Å²) in [4.78, 5) is 17.2. The number of aromatic nitrogens is 1. The van der Waals surface area contributed by atoms with Crippen molar-refractivity contribution in [3.8, 4) is 0 Å². The van der Waals surface area contributed by atoms with Crippen molar-refractivity contribution in [2.45, 2.75) is 36.6 Å². The quantitative estimate of drug-likeness (QED) is 0.393. The van der Waals surface area contributed by atoms with Crippen LogP contribution in [0.15, 0.2) is 76.2 Å². The summed E-state index contributed by atoms with van der Waals surface area (Å²) < 4.78 is 34.9. The Kier molecular flexibility index (Phi) is 5.86. The number of amides is 1. The van der Waals surface area contributed by atoms with Crippen LogP contribution in [0.3, 0.4) is 0 Å². The summed E-state index contributed by atoms with van der Waals surface area (Å²) in [5.41, 5.74) is 1.89. The molecular weight excluding hydrogens is 438 g/mol. The van der Waals surface area contributed by atoms with E-state index < -0.39 is 16.1 Å². The fraction of sp³-hybridized carbons (Fsp3) is 0.280. The van der Waals surface area contributed by atoms with E-state index in [4.69, 9.17) is 4.42 Å². The summed E-state index contributed by atoms with van der Waals surface area (Å²) >= 11 is 0. The van der Waals surface area contributed by atoms with Gasteiger partial charge in [-0.15, -0.1) is 0 Å². The predicted octanol–water partition coefficient (Wildman–Crippen LogP) is 3.79. The Balaban J connectivity index is 1.41. The van der Waals surface area contributed by atoms with Crippen LogP contribution in [-0.4, -0.2) is 31.9 Å². The zero-order chi connectivity index (χ0) is 22.8. The van der Waals surface area contributed by atoms with E-state index >= 15 is 0 Å². The van der Waals surface area contributed by atoms with Crippen LogP contribution in [0.4, 0.5) is 0 Å². The summed E-state index contributed by atoms with van der Waals surface area (Å²) in [6, 6.07) is 16.8. The molecule has 7 nitrogen and oxygen atoms in total. The largest absolute Gasteiger partial charge is 0.438 e. The molecule has 33 heavy (non-hydrogen) atoms. The first kappa shape index (κ1) is 21.6. The van der Waals surface area contributed by atoms with Crippen molar-refractivity contribution in [2.75, 3.05) is 6.54 Å². The minimum absolute atomic E-state index is 0.0744. The first-order valence-corrected chi connectivity index (χ1v) is 12.6. The van der Waals surface area contributed by atoms with Crippen LogP contribution in [0.1, 0.15) is 24.8 Å². The van der Waals surface area contributed by atoms with E-state index in [9.17, 15) is 13.2 Å². The number of fused-ring (bicyclic) bond motifs is 3. The SMILES string of the molecule is O=C(NCCC1CC1)[C@H](Cc1ccccc1)NS(=O)(=O)c1ccc2oc3ncccc3c2c1. The Morgan fingerprint density at radius 2 is 1.88 bits per heavy atom. The lowest BCUT2D eigenvalue weighted by Crippen LogP contribution is -2.48. The number of pyridine rings is 1. The Bertz CT molecular complexity index is 1400. The lowest BCUT2D eigenvalue weighted by atomic mass is 10.1. The fourth-order valence-corrected chi connectivity index (χ4v) is 5.20. The van der Waals surface area contributed by atoms with Crippen LogP contribution in [0, 0.1) is 5.92 Å². The molecule has 0 radical (unpaired) electrons. The Hall–Kier alpha value is -3.23. The molecule has 0 bridgehead atoms. The van der Waals surface area contributed by atoms with Crippen molar-refractivity contribution < 1.29 is 17.6 Å². The molecule has 0 saturated heterocycles. The minimum Gasteiger partial charge on any atom is -0.438 e. The number of nitrogens with zero attached hydrogens (tertiary/aromatic N) is 1. The molecule has 2 heterocycles. The highest BCUT2D eigenvalue weighted by Crippen LogP contribution is 2.32. The van der Waals surface area contributed by atoms with E-state index in [-0.39, 0.29) is 17.2 Å². The summed E-state index contributed by atoms with van der Waals surface area (Å²) in [6.07, 6.45) is 5.22. The number of sulfonamides is 1. The summed E-state index contributed by atoms with van der Waals surface area (Å²) in [5, 5.41) is 4.31. The predicted molar refractivity (Wildman–Crippen MR) is 126 cm³/mol. The molecule has 2 aromatic carbocycles. The molecule has 0 aliphatic heterocycles. The average molecular weight is 464 g/mol. The molecule has 1 aliphatic rings. The summed E-state index contributed by atoms with van der Waals surface area (Å²) in [7, 11) is -3.96. The van der Waals surface area contributed by atoms with E-state index in [1.165, 1.54) is 18.9 Å². The first-order chi connectivity index (χ1) is 16.0. The van der Waals surface area contributed by atoms with Gasteiger partial charge in [0, 0.05) is 23.5 Å². The highest BCUT2D eigenvalue weighted by Gasteiger charge is 2.27. The molecule has 4 aromatic rings. The van der Waals surface area contributed by atoms with Crippen LogP contribution >= 0.6 is 0 Å². The Labute approximate surface area is 192 Å². The van der Waals surface area contributed by atoms with Gasteiger partial charge in [0.2, 0.25) is 21.6 Å². The number of furan rings is 1. The summed E-state index contributed by atoms with van der Waals surface area (Å²) in [6.45, 7) is 0.552. The van der Waals surface area contributed by atoms with Crippen LogP contribution in [0.2, 0.25) is 0 Å². The smallest absolute Gasteiger partial charge is 0.241 e. The lowest BCUT2D eigenvalue weighted by molar-refractivity contribution is -0.122. The molecule has 1 amide bonds. The third-order valence-corrected chi connectivity index (χ3v) is 7.44. The number of benzene rings is 2. The van der Waals surface area contributed by atoms with E-state index in [0.29, 0.717) is 29.1 Å². The highest BCUT2D eigenvalue weighted by molar-refractivity contribution is 7.89. The zero-order valence-corrected chi connectivity index (χ0v) is 18.8. The average Bonchev–Trinajstić information content (AvgIpc) is 3.57. The second-order valence-electron chi connectivity index (χ2n) is 8.50. The second kappa shape index (κ2) is 8.96. The highest BCUT2D eigenvalue weighted by atomic mass is 32.2. The molecule has 5 rings (SSSR count). The monoisotopic (exact) mass is 463 g/mol. The number of carbonyl (C=O) groups excluding carboxylic acids is 1. The van der Waals surface area contributed by atoms with Gasteiger partial charge in [0.15, 0.2) is 0 Å². The van der Waals surface area contributed by atoms with Crippen molar-refractivity contribution in [2.24, 2.45) is 5.92 Å². The van der Waals surface area contributed by atoms with Gasteiger partial charge in [-0.05, 0) is 54.7 Å². The topological polar surface area (TPSA) is 101 Å². The third kappa shape index (κ3) is 4.91. The standard InChI is InChI=1S/C25H25N3O4S/c29-24(26-14-12-17-8-9-17)22(15-18-5-2-1-3-6-18)28-33(30,31)19-10-11-23-21(16-19)20-7-4-13-27-25(20)32-23/h1-7,10-11,13,16-17,22,28H,8-9,12,14-15H2,(H,26,29)/t22-/m0/s1. The molecule has 1 atom stereocenters. The number of hydrogen-bond acceptors (Lipinski definition) is 5. The van der Waals surface area contributed by atoms with Gasteiger partial charge in [-0.3, -0.25) is 4.79 Å². The van der Waals surface area contributed by atoms with Crippen molar-refractivity contribution in [3.63, 3.8) is 0 Å². The lowest BCUT2D eigenvalue weighted by Gasteiger charge is -2.19. The van der Waals surface area contributed by atoms with Crippen LogP contribution < -0.4 is 10.0 Å². The van der Waals surface area contributed by atoms with Crippen molar-refractivity contribution in [1.29, 1.82) is 0 Å². The molecule has 1 aliphatic carbocycles.